The molecule has 0 amide bonds. The fourth-order valence-electron chi connectivity index (χ4n) is 8.64. The van der Waals surface area contributed by atoms with Crippen molar-refractivity contribution >= 4 is 28.3 Å². The van der Waals surface area contributed by atoms with Crippen molar-refractivity contribution in [1.82, 2.24) is 0 Å². The molecule has 258 valence electrons. The number of benzene rings is 8. The Bertz CT molecular complexity index is 2470. The minimum atomic E-state index is -1.84. The number of hydrogen-bond donors (Lipinski definition) is 0. The van der Waals surface area contributed by atoms with Crippen LogP contribution in [0.4, 0.5) is 0 Å². The molecular weight excluding hydrogens is 651 g/mol. The first kappa shape index (κ1) is 33.2. The lowest BCUT2D eigenvalue weighted by atomic mass is 9.25. The molecule has 0 saturated heterocycles. The topological polar surface area (TPSA) is 2.70 Å². The van der Waals surface area contributed by atoms with Crippen LogP contribution in [0.2, 0.25) is 0 Å². The summed E-state index contributed by atoms with van der Waals surface area (Å²) in [5.74, 6) is 1.14. The summed E-state index contributed by atoms with van der Waals surface area (Å²) >= 11 is 0. The van der Waals surface area contributed by atoms with Crippen molar-refractivity contribution in [3.63, 3.8) is 0 Å². The van der Waals surface area contributed by atoms with Crippen LogP contribution in [0.3, 0.4) is 0 Å². The summed E-state index contributed by atoms with van der Waals surface area (Å²) < 4.78 is 3.79. The quantitative estimate of drug-likeness (QED) is 0.116. The van der Waals surface area contributed by atoms with Crippen molar-refractivity contribution in [2.75, 3.05) is 7.11 Å². The second-order valence-electron chi connectivity index (χ2n) is 14.4. The van der Waals surface area contributed by atoms with Gasteiger partial charge in [0.25, 0.3) is 0 Å². The third kappa shape index (κ3) is 5.77. The summed E-state index contributed by atoms with van der Waals surface area (Å²) in [6.07, 6.45) is -1.84. The molecule has 1 nitrogen and oxygen atoms in total. The molecule has 8 aromatic rings. The molecular formula is C52H41BO. The third-order valence-corrected chi connectivity index (χ3v) is 11.3. The van der Waals surface area contributed by atoms with E-state index in [1.54, 1.807) is 0 Å². The standard InChI is InChI=1S/C52H41BO/c1-38-22-24-45(25-23-38)51-49-20-12-13-21-50(49)54(2)53(47-34-30-43(31-35-47)40-16-8-4-9-17-40,48-36-32-44(33-37-48)41-18-10-5-11-19-41)52(51)46-28-26-42(27-29-46)39-14-6-3-7-15-39/h3-37H,1-2H3. The highest BCUT2D eigenvalue weighted by Gasteiger charge is 2.51. The lowest BCUT2D eigenvalue weighted by Crippen LogP contribution is -2.66. The van der Waals surface area contributed by atoms with Gasteiger partial charge in [0, 0.05) is 6.07 Å². The van der Waals surface area contributed by atoms with Gasteiger partial charge in [-0.05, 0) is 57.5 Å². The first-order chi connectivity index (χ1) is 26.6. The Morgan fingerprint density at radius 3 is 1.15 bits per heavy atom. The molecule has 0 atom stereocenters. The molecule has 0 N–H and O–H groups in total. The van der Waals surface area contributed by atoms with E-state index in [4.69, 9.17) is 0 Å². The summed E-state index contributed by atoms with van der Waals surface area (Å²) in [7, 11) is 2.22. The number of para-hydroxylation sites is 1. The van der Waals surface area contributed by atoms with Gasteiger partial charge in [0.15, 0.2) is 0 Å². The maximum atomic E-state index is 3.79. The Kier molecular flexibility index (Phi) is 8.65. The smallest absolute Gasteiger partial charge is 0.415 e. The maximum Gasteiger partial charge on any atom is 0.415 e. The predicted octanol–water partition coefficient (Wildman–Crippen LogP) is 12.2. The van der Waals surface area contributed by atoms with Crippen LogP contribution in [0.5, 0.6) is 5.75 Å². The second-order valence-corrected chi connectivity index (χ2v) is 14.4. The van der Waals surface area contributed by atoms with Gasteiger partial charge < -0.3 is 4.28 Å². The lowest BCUT2D eigenvalue weighted by Gasteiger charge is -2.55. The van der Waals surface area contributed by atoms with E-state index in [-0.39, 0.29) is 0 Å². The van der Waals surface area contributed by atoms with Gasteiger partial charge in [-0.3, -0.25) is 0 Å². The highest BCUT2D eigenvalue weighted by molar-refractivity contribution is 7.12. The average Bonchev–Trinajstić information content (AvgIpc) is 3.25. The average molecular weight is 693 g/mol. The first-order valence-corrected chi connectivity index (χ1v) is 18.8. The third-order valence-electron chi connectivity index (χ3n) is 11.3. The van der Waals surface area contributed by atoms with Crippen molar-refractivity contribution in [1.29, 1.82) is 0 Å². The van der Waals surface area contributed by atoms with Gasteiger partial charge in [0.2, 0.25) is 5.75 Å². The van der Waals surface area contributed by atoms with Crippen LogP contribution in [-0.2, 0) is 4.28 Å². The van der Waals surface area contributed by atoms with Crippen LogP contribution >= 0.6 is 0 Å². The summed E-state index contributed by atoms with van der Waals surface area (Å²) in [4.78, 5) is 0. The van der Waals surface area contributed by atoms with Crippen molar-refractivity contribution in [3.8, 4) is 39.1 Å². The number of rotatable bonds is 7. The molecule has 0 saturated carbocycles. The summed E-state index contributed by atoms with van der Waals surface area (Å²) in [5, 5.41) is 0. The lowest BCUT2D eigenvalue weighted by molar-refractivity contribution is 0.173. The zero-order valence-corrected chi connectivity index (χ0v) is 30.7. The van der Waals surface area contributed by atoms with Crippen molar-refractivity contribution in [2.45, 2.75) is 6.92 Å². The van der Waals surface area contributed by atoms with Crippen molar-refractivity contribution in [3.05, 3.63) is 235 Å². The van der Waals surface area contributed by atoms with Gasteiger partial charge in [-0.15, -0.1) is 10.9 Å². The number of hydrogen-bond acceptors (Lipinski definition) is 0. The molecule has 1 aliphatic heterocycles. The normalized spacial score (nSPS) is 13.4. The minimum Gasteiger partial charge on any atom is -0.810 e. The van der Waals surface area contributed by atoms with E-state index in [1.807, 2.05) is 0 Å². The molecule has 0 fully saturated rings. The predicted molar refractivity (Wildman–Crippen MR) is 231 cm³/mol. The van der Waals surface area contributed by atoms with E-state index >= 15 is 0 Å². The van der Waals surface area contributed by atoms with Crippen LogP contribution < -0.4 is 10.9 Å². The van der Waals surface area contributed by atoms with Crippen LogP contribution in [0.15, 0.2) is 212 Å². The summed E-state index contributed by atoms with van der Waals surface area (Å²) in [6.45, 7) is 2.16. The molecule has 2 heteroatoms. The van der Waals surface area contributed by atoms with Gasteiger partial charge in [0.05, 0.1) is 5.56 Å². The van der Waals surface area contributed by atoms with Crippen molar-refractivity contribution in [2.24, 2.45) is 0 Å². The molecule has 1 aliphatic rings. The number of fused-ring (bicyclic) bond motifs is 1. The highest BCUT2D eigenvalue weighted by Crippen LogP contribution is 2.52. The zero-order chi connectivity index (χ0) is 36.5. The molecule has 1 heterocycles. The van der Waals surface area contributed by atoms with Gasteiger partial charge in [-0.25, -0.2) is 0 Å². The molecule has 0 radical (unpaired) electrons. The van der Waals surface area contributed by atoms with Gasteiger partial charge in [-0.2, -0.15) is 0 Å². The first-order valence-electron chi connectivity index (χ1n) is 18.8. The van der Waals surface area contributed by atoms with E-state index in [0.717, 1.165) is 5.75 Å². The fraction of sp³-hybridized carbons (Fsp3) is 0.0385. The Labute approximate surface area is 319 Å². The molecule has 0 unspecified atom stereocenters. The molecule has 0 aromatic heterocycles. The van der Waals surface area contributed by atoms with E-state index in [2.05, 4.69) is 231 Å². The van der Waals surface area contributed by atoms with Crippen LogP contribution in [0, 0.1) is 6.92 Å². The molecule has 0 bridgehead atoms. The van der Waals surface area contributed by atoms with E-state index in [1.165, 1.54) is 77.6 Å². The van der Waals surface area contributed by atoms with Crippen LogP contribution in [0.25, 0.3) is 44.4 Å². The Morgan fingerprint density at radius 1 is 0.333 bits per heavy atom. The molecule has 54 heavy (non-hydrogen) atoms. The molecule has 0 aliphatic carbocycles. The van der Waals surface area contributed by atoms with Crippen LogP contribution in [0.1, 0.15) is 22.3 Å². The summed E-state index contributed by atoms with van der Waals surface area (Å²) in [5.41, 5.74) is 17.1. The molecule has 8 aromatic carbocycles. The highest BCUT2D eigenvalue weighted by atomic mass is 16.6. The Morgan fingerprint density at radius 2 is 0.685 bits per heavy atom. The Balaban J connectivity index is 1.37. The monoisotopic (exact) mass is 692 g/mol. The van der Waals surface area contributed by atoms with Crippen LogP contribution in [-0.4, -0.2) is 13.5 Å². The summed E-state index contributed by atoms with van der Waals surface area (Å²) in [6, 6.07) is 77.8. The second kappa shape index (κ2) is 14.1. The van der Waals surface area contributed by atoms with E-state index in [0.29, 0.717) is 0 Å². The van der Waals surface area contributed by atoms with Crippen molar-refractivity contribution < 1.29 is 4.28 Å². The van der Waals surface area contributed by atoms with Gasteiger partial charge in [-0.1, -0.05) is 217 Å². The SMILES string of the molecule is Cc1ccc(C2=C(c3ccc(-c4ccccc4)cc3)[B-](c3ccc(-c4ccccc4)cc3)(c3ccc(-c4ccccc4)cc3)[O+](C)c3ccccc32)cc1. The fourth-order valence-corrected chi connectivity index (χ4v) is 8.64. The van der Waals surface area contributed by atoms with E-state index in [9.17, 15) is 0 Å². The van der Waals surface area contributed by atoms with E-state index < -0.39 is 6.35 Å². The minimum absolute atomic E-state index is 1.14. The maximum absolute atomic E-state index is 3.79. The van der Waals surface area contributed by atoms with Gasteiger partial charge >= 0.3 is 6.35 Å². The largest absolute Gasteiger partial charge is 0.810 e. The molecule has 9 rings (SSSR count). The number of aryl methyl sites for hydroxylation is 1. The van der Waals surface area contributed by atoms with Gasteiger partial charge in [0.1, 0.15) is 7.11 Å². The molecule has 0 spiro atoms. The Hall–Kier alpha value is -6.64. The zero-order valence-electron chi connectivity index (χ0n) is 30.7.